The molecule has 0 spiro atoms. The van der Waals surface area contributed by atoms with Gasteiger partial charge < -0.3 is 5.32 Å². The normalized spacial score (nSPS) is 9.94. The lowest BCUT2D eigenvalue weighted by Gasteiger charge is -2.03. The smallest absolute Gasteiger partial charge is 0.229 e. The Hall–Kier alpha value is -1.94. The second kappa shape index (κ2) is 5.41. The number of halogens is 1. The molecule has 0 fully saturated rings. The zero-order valence-corrected chi connectivity index (χ0v) is 9.69. The van der Waals surface area contributed by atoms with Crippen LogP contribution in [0.3, 0.4) is 0 Å². The summed E-state index contributed by atoms with van der Waals surface area (Å²) in [4.78, 5) is 11.7. The highest BCUT2D eigenvalue weighted by atomic mass is 35.5. The first-order valence-corrected chi connectivity index (χ1v) is 5.45. The Morgan fingerprint density at radius 1 is 1.12 bits per heavy atom. The third kappa shape index (κ3) is 3.53. The van der Waals surface area contributed by atoms with Crippen molar-refractivity contribution in [2.75, 3.05) is 5.32 Å². The van der Waals surface area contributed by atoms with Crippen molar-refractivity contribution in [3.05, 3.63) is 53.2 Å². The molecule has 0 atom stereocenters. The average Bonchev–Trinajstić information content (AvgIpc) is 2.33. The first kappa shape index (κ1) is 11.5. The Balaban J connectivity index is 1.96. The molecule has 17 heavy (non-hydrogen) atoms. The molecular formula is C12H10ClN3O. The third-order valence-corrected chi connectivity index (χ3v) is 2.31. The highest BCUT2D eigenvalue weighted by Crippen LogP contribution is 2.07. The lowest BCUT2D eigenvalue weighted by atomic mass is 10.1. The lowest BCUT2D eigenvalue weighted by molar-refractivity contribution is -0.115. The number of nitrogens with one attached hydrogen (secondary N) is 1. The summed E-state index contributed by atoms with van der Waals surface area (Å²) in [7, 11) is 0. The Kier molecular flexibility index (Phi) is 3.67. The van der Waals surface area contributed by atoms with Crippen LogP contribution in [0.25, 0.3) is 0 Å². The largest absolute Gasteiger partial charge is 0.309 e. The van der Waals surface area contributed by atoms with Gasteiger partial charge in [-0.2, -0.15) is 0 Å². The van der Waals surface area contributed by atoms with Crippen molar-refractivity contribution < 1.29 is 4.79 Å². The fraction of sp³-hybridized carbons (Fsp3) is 0.0833. The summed E-state index contributed by atoms with van der Waals surface area (Å²) in [5.41, 5.74) is 0.951. The predicted octanol–water partition coefficient (Wildman–Crippen LogP) is 2.31. The average molecular weight is 248 g/mol. The molecule has 86 valence electrons. The molecule has 0 aliphatic carbocycles. The Labute approximate surface area is 104 Å². The second-order valence-corrected chi connectivity index (χ2v) is 3.84. The number of hydrogen-bond donors (Lipinski definition) is 1. The molecule has 0 unspecified atom stereocenters. The summed E-state index contributed by atoms with van der Waals surface area (Å²) in [6.45, 7) is 0. The minimum Gasteiger partial charge on any atom is -0.309 e. The molecule has 0 aliphatic rings. The molecule has 1 aromatic heterocycles. The summed E-state index contributed by atoms with van der Waals surface area (Å²) in [5, 5.41) is 10.3. The minimum atomic E-state index is -0.132. The maximum Gasteiger partial charge on any atom is 0.229 e. The lowest BCUT2D eigenvalue weighted by Crippen LogP contribution is -2.15. The number of rotatable bonds is 3. The molecule has 4 nitrogen and oxygen atoms in total. The number of carbonyl (C=O) groups excluding carboxylic acids is 1. The van der Waals surface area contributed by atoms with Gasteiger partial charge in [0.15, 0.2) is 11.0 Å². The molecule has 0 aliphatic heterocycles. The van der Waals surface area contributed by atoms with E-state index >= 15 is 0 Å². The van der Waals surface area contributed by atoms with Crippen LogP contribution in [0.4, 0.5) is 5.82 Å². The van der Waals surface area contributed by atoms with E-state index in [4.69, 9.17) is 11.6 Å². The van der Waals surface area contributed by atoms with E-state index in [2.05, 4.69) is 15.5 Å². The van der Waals surface area contributed by atoms with Gasteiger partial charge in [-0.25, -0.2) is 0 Å². The molecule has 2 aromatic rings. The van der Waals surface area contributed by atoms with Crippen LogP contribution in [0.15, 0.2) is 42.5 Å². The van der Waals surface area contributed by atoms with Gasteiger partial charge >= 0.3 is 0 Å². The fourth-order valence-corrected chi connectivity index (χ4v) is 1.45. The third-order valence-electron chi connectivity index (χ3n) is 2.11. The van der Waals surface area contributed by atoms with Crippen molar-refractivity contribution in [1.82, 2.24) is 10.2 Å². The highest BCUT2D eigenvalue weighted by molar-refractivity contribution is 6.29. The number of hydrogen-bond acceptors (Lipinski definition) is 3. The zero-order valence-electron chi connectivity index (χ0n) is 8.93. The van der Waals surface area contributed by atoms with Gasteiger partial charge in [0.05, 0.1) is 6.42 Å². The number of benzene rings is 1. The van der Waals surface area contributed by atoms with E-state index in [-0.39, 0.29) is 5.91 Å². The second-order valence-electron chi connectivity index (χ2n) is 3.45. The molecule has 1 amide bonds. The van der Waals surface area contributed by atoms with Gasteiger partial charge in [0.1, 0.15) is 0 Å². The van der Waals surface area contributed by atoms with Gasteiger partial charge in [-0.3, -0.25) is 4.79 Å². The molecule has 1 N–H and O–H groups in total. The molecule has 5 heteroatoms. The molecule has 1 heterocycles. The number of amides is 1. The summed E-state index contributed by atoms with van der Waals surface area (Å²) in [6, 6.07) is 12.7. The summed E-state index contributed by atoms with van der Waals surface area (Å²) in [6.07, 6.45) is 0.311. The van der Waals surface area contributed by atoms with Crippen molar-refractivity contribution in [3.63, 3.8) is 0 Å². The van der Waals surface area contributed by atoms with Gasteiger partial charge in [0, 0.05) is 0 Å². The molecule has 2 rings (SSSR count). The zero-order chi connectivity index (χ0) is 12.1. The monoisotopic (exact) mass is 247 g/mol. The maximum atomic E-state index is 11.7. The Morgan fingerprint density at radius 3 is 2.53 bits per heavy atom. The van der Waals surface area contributed by atoms with E-state index in [1.165, 1.54) is 0 Å². The van der Waals surface area contributed by atoms with E-state index in [0.717, 1.165) is 5.56 Å². The number of anilines is 1. The number of nitrogens with zero attached hydrogens (tertiary/aromatic N) is 2. The van der Waals surface area contributed by atoms with E-state index < -0.39 is 0 Å². The quantitative estimate of drug-likeness (QED) is 0.906. The van der Waals surface area contributed by atoms with Crippen molar-refractivity contribution in [1.29, 1.82) is 0 Å². The van der Waals surface area contributed by atoms with Crippen molar-refractivity contribution >= 4 is 23.3 Å². The van der Waals surface area contributed by atoms with Gasteiger partial charge in [0.2, 0.25) is 5.91 Å². The molecule has 0 radical (unpaired) electrons. The molecule has 0 saturated heterocycles. The number of aromatic nitrogens is 2. The Bertz CT molecular complexity index is 499. The van der Waals surface area contributed by atoms with E-state index in [1.54, 1.807) is 12.1 Å². The van der Waals surface area contributed by atoms with Gasteiger partial charge in [-0.1, -0.05) is 41.9 Å². The van der Waals surface area contributed by atoms with Crippen molar-refractivity contribution in [2.24, 2.45) is 0 Å². The van der Waals surface area contributed by atoms with E-state index in [1.807, 2.05) is 30.3 Å². The van der Waals surface area contributed by atoms with Crippen LogP contribution in [-0.2, 0) is 11.2 Å². The number of carbonyl (C=O) groups is 1. The molecular weight excluding hydrogens is 238 g/mol. The van der Waals surface area contributed by atoms with Crippen LogP contribution >= 0.6 is 11.6 Å². The molecule has 0 bridgehead atoms. The van der Waals surface area contributed by atoms with Crippen LogP contribution < -0.4 is 5.32 Å². The molecule has 0 saturated carbocycles. The summed E-state index contributed by atoms with van der Waals surface area (Å²) >= 11 is 5.59. The van der Waals surface area contributed by atoms with Crippen LogP contribution in [0.1, 0.15) is 5.56 Å². The van der Waals surface area contributed by atoms with Crippen LogP contribution in [-0.4, -0.2) is 16.1 Å². The fourth-order valence-electron chi connectivity index (χ4n) is 1.35. The molecule has 1 aromatic carbocycles. The van der Waals surface area contributed by atoms with Crippen molar-refractivity contribution in [3.8, 4) is 0 Å². The van der Waals surface area contributed by atoms with Gasteiger partial charge in [-0.15, -0.1) is 10.2 Å². The Morgan fingerprint density at radius 2 is 1.88 bits per heavy atom. The van der Waals surface area contributed by atoms with Gasteiger partial charge in [-0.05, 0) is 17.7 Å². The summed E-state index contributed by atoms with van der Waals surface area (Å²) < 4.78 is 0. The topological polar surface area (TPSA) is 54.9 Å². The summed E-state index contributed by atoms with van der Waals surface area (Å²) in [5.74, 6) is 0.267. The first-order chi connectivity index (χ1) is 8.24. The van der Waals surface area contributed by atoms with Crippen LogP contribution in [0.2, 0.25) is 5.15 Å². The van der Waals surface area contributed by atoms with E-state index in [0.29, 0.717) is 17.4 Å². The highest BCUT2D eigenvalue weighted by Gasteiger charge is 2.04. The van der Waals surface area contributed by atoms with Gasteiger partial charge in [0.25, 0.3) is 0 Å². The SMILES string of the molecule is O=C(Cc1ccccc1)Nc1ccc(Cl)nn1. The minimum absolute atomic E-state index is 0.132. The van der Waals surface area contributed by atoms with E-state index in [9.17, 15) is 4.79 Å². The van der Waals surface area contributed by atoms with Crippen LogP contribution in [0.5, 0.6) is 0 Å². The standard InChI is InChI=1S/C12H10ClN3O/c13-10-6-7-11(16-15-10)14-12(17)8-9-4-2-1-3-5-9/h1-7H,8H2,(H,14,16,17). The first-order valence-electron chi connectivity index (χ1n) is 5.07. The predicted molar refractivity (Wildman–Crippen MR) is 65.8 cm³/mol. The van der Waals surface area contributed by atoms with Crippen LogP contribution in [0, 0.1) is 0 Å². The maximum absolute atomic E-state index is 11.7. The van der Waals surface area contributed by atoms with Crippen molar-refractivity contribution in [2.45, 2.75) is 6.42 Å².